The van der Waals surface area contributed by atoms with Gasteiger partial charge in [0.2, 0.25) is 0 Å². The molecule has 1 aromatic carbocycles. The summed E-state index contributed by atoms with van der Waals surface area (Å²) in [5.41, 5.74) is 0.974. The molecule has 1 heterocycles. The topological polar surface area (TPSA) is 15.3 Å². The fourth-order valence-corrected chi connectivity index (χ4v) is 2.48. The summed E-state index contributed by atoms with van der Waals surface area (Å²) in [6.45, 7) is 7.93. The van der Waals surface area contributed by atoms with Crippen LogP contribution >= 0.6 is 11.6 Å². The molecule has 2 rings (SSSR count). The number of rotatable bonds is 2. The Kier molecular flexibility index (Phi) is 3.71. The van der Waals surface area contributed by atoms with Crippen LogP contribution in [-0.2, 0) is 6.54 Å². The molecule has 0 amide bonds. The third-order valence-corrected chi connectivity index (χ3v) is 3.50. The number of nitrogens with zero attached hydrogens (tertiary/aromatic N) is 1. The Morgan fingerprint density at radius 2 is 2.24 bits per heavy atom. The number of piperazine rings is 1. The zero-order chi connectivity index (χ0) is 12.5. The first kappa shape index (κ1) is 12.8. The van der Waals surface area contributed by atoms with Gasteiger partial charge in [-0.3, -0.25) is 4.90 Å². The number of benzene rings is 1. The summed E-state index contributed by atoms with van der Waals surface area (Å²) in [5.74, 6) is -0.335. The van der Waals surface area contributed by atoms with Crippen LogP contribution in [0.1, 0.15) is 19.4 Å². The second-order valence-electron chi connectivity index (χ2n) is 5.23. The molecule has 17 heavy (non-hydrogen) atoms. The molecule has 0 unspecified atom stereocenters. The van der Waals surface area contributed by atoms with Gasteiger partial charge in [0.25, 0.3) is 0 Å². The molecule has 0 spiro atoms. The lowest BCUT2D eigenvalue weighted by Crippen LogP contribution is -2.56. The molecule has 1 fully saturated rings. The first-order chi connectivity index (χ1) is 7.98. The van der Waals surface area contributed by atoms with Gasteiger partial charge >= 0.3 is 0 Å². The van der Waals surface area contributed by atoms with E-state index in [2.05, 4.69) is 24.1 Å². The van der Waals surface area contributed by atoms with Crippen LogP contribution in [0.3, 0.4) is 0 Å². The van der Waals surface area contributed by atoms with E-state index in [0.29, 0.717) is 6.54 Å². The van der Waals surface area contributed by atoms with Crippen molar-refractivity contribution in [2.75, 3.05) is 19.6 Å². The van der Waals surface area contributed by atoms with Gasteiger partial charge in [0, 0.05) is 31.7 Å². The molecule has 1 saturated heterocycles. The highest BCUT2D eigenvalue weighted by Gasteiger charge is 2.25. The van der Waals surface area contributed by atoms with Crippen LogP contribution in [0, 0.1) is 5.82 Å². The zero-order valence-corrected chi connectivity index (χ0v) is 11.0. The van der Waals surface area contributed by atoms with Gasteiger partial charge in [-0.25, -0.2) is 4.39 Å². The predicted octanol–water partition coefficient (Wildman–Crippen LogP) is 2.66. The molecule has 0 saturated carbocycles. The minimum atomic E-state index is -0.335. The van der Waals surface area contributed by atoms with Crippen molar-refractivity contribution in [1.82, 2.24) is 10.2 Å². The van der Waals surface area contributed by atoms with E-state index in [1.54, 1.807) is 6.07 Å². The fourth-order valence-electron chi connectivity index (χ4n) is 2.29. The molecule has 0 aromatic heterocycles. The van der Waals surface area contributed by atoms with Crippen molar-refractivity contribution in [1.29, 1.82) is 0 Å². The standard InChI is InChI=1S/C13H18ClFN2/c1-13(2)9-17(7-6-16-13)8-10-4-3-5-11(15)12(10)14/h3-5,16H,6-9H2,1-2H3. The Labute approximate surface area is 107 Å². The smallest absolute Gasteiger partial charge is 0.142 e. The summed E-state index contributed by atoms with van der Waals surface area (Å²) in [6.07, 6.45) is 0. The summed E-state index contributed by atoms with van der Waals surface area (Å²) in [7, 11) is 0. The van der Waals surface area contributed by atoms with Crippen LogP contribution in [-0.4, -0.2) is 30.1 Å². The van der Waals surface area contributed by atoms with E-state index in [1.165, 1.54) is 6.07 Å². The van der Waals surface area contributed by atoms with Gasteiger partial charge in [-0.2, -0.15) is 0 Å². The molecule has 1 aliphatic rings. The third kappa shape index (κ3) is 3.18. The van der Waals surface area contributed by atoms with Gasteiger partial charge in [0.05, 0.1) is 5.02 Å². The van der Waals surface area contributed by atoms with Gasteiger partial charge in [-0.1, -0.05) is 23.7 Å². The second-order valence-corrected chi connectivity index (χ2v) is 5.61. The normalized spacial score (nSPS) is 20.5. The number of hydrogen-bond acceptors (Lipinski definition) is 2. The molecule has 94 valence electrons. The predicted molar refractivity (Wildman–Crippen MR) is 68.8 cm³/mol. The lowest BCUT2D eigenvalue weighted by molar-refractivity contribution is 0.148. The molecule has 0 atom stereocenters. The van der Waals surface area contributed by atoms with Gasteiger partial charge in [-0.15, -0.1) is 0 Å². The number of halogens is 2. The Morgan fingerprint density at radius 3 is 2.94 bits per heavy atom. The number of nitrogens with one attached hydrogen (secondary N) is 1. The molecule has 4 heteroatoms. The van der Waals surface area contributed by atoms with Crippen LogP contribution in [0.15, 0.2) is 18.2 Å². The molecule has 1 aromatic rings. The molecular weight excluding hydrogens is 239 g/mol. The Hall–Kier alpha value is -0.640. The lowest BCUT2D eigenvalue weighted by atomic mass is 10.0. The van der Waals surface area contributed by atoms with Crippen molar-refractivity contribution in [2.24, 2.45) is 0 Å². The van der Waals surface area contributed by atoms with Crippen molar-refractivity contribution in [3.05, 3.63) is 34.6 Å². The molecule has 0 radical (unpaired) electrons. The van der Waals surface area contributed by atoms with E-state index < -0.39 is 0 Å². The minimum Gasteiger partial charge on any atom is -0.309 e. The van der Waals surface area contributed by atoms with Crippen molar-refractivity contribution < 1.29 is 4.39 Å². The van der Waals surface area contributed by atoms with E-state index in [1.807, 2.05) is 6.07 Å². The zero-order valence-electron chi connectivity index (χ0n) is 10.3. The largest absolute Gasteiger partial charge is 0.309 e. The Morgan fingerprint density at radius 1 is 1.47 bits per heavy atom. The second kappa shape index (κ2) is 4.92. The fraction of sp³-hybridized carbons (Fsp3) is 0.538. The average molecular weight is 257 g/mol. The maximum Gasteiger partial charge on any atom is 0.142 e. The SMILES string of the molecule is CC1(C)CN(Cc2cccc(F)c2Cl)CCN1. The molecule has 1 N–H and O–H groups in total. The van der Waals surface area contributed by atoms with Crippen molar-refractivity contribution in [3.63, 3.8) is 0 Å². The minimum absolute atomic E-state index is 0.109. The molecule has 0 aliphatic carbocycles. The average Bonchev–Trinajstić information content (AvgIpc) is 2.23. The summed E-state index contributed by atoms with van der Waals surface area (Å²) >= 11 is 5.97. The van der Waals surface area contributed by atoms with Gasteiger partial charge in [0.1, 0.15) is 5.82 Å². The van der Waals surface area contributed by atoms with Gasteiger partial charge in [-0.05, 0) is 25.5 Å². The van der Waals surface area contributed by atoms with E-state index in [4.69, 9.17) is 11.6 Å². The van der Waals surface area contributed by atoms with Crippen LogP contribution in [0.4, 0.5) is 4.39 Å². The Balaban J connectivity index is 2.08. The highest BCUT2D eigenvalue weighted by atomic mass is 35.5. The van der Waals surface area contributed by atoms with E-state index in [0.717, 1.165) is 25.2 Å². The summed E-state index contributed by atoms with van der Waals surface area (Å²) in [4.78, 5) is 2.30. The molecule has 1 aliphatic heterocycles. The maximum atomic E-state index is 13.3. The van der Waals surface area contributed by atoms with Crippen LogP contribution < -0.4 is 5.32 Å². The van der Waals surface area contributed by atoms with E-state index in [-0.39, 0.29) is 16.4 Å². The highest BCUT2D eigenvalue weighted by Crippen LogP contribution is 2.22. The maximum absolute atomic E-state index is 13.3. The van der Waals surface area contributed by atoms with E-state index >= 15 is 0 Å². The molecular formula is C13H18ClFN2. The summed E-state index contributed by atoms with van der Waals surface area (Å²) < 4.78 is 13.3. The third-order valence-electron chi connectivity index (χ3n) is 3.08. The monoisotopic (exact) mass is 256 g/mol. The lowest BCUT2D eigenvalue weighted by Gasteiger charge is -2.39. The van der Waals surface area contributed by atoms with Crippen molar-refractivity contribution in [3.8, 4) is 0 Å². The summed E-state index contributed by atoms with van der Waals surface area (Å²) in [5, 5.41) is 3.70. The molecule has 2 nitrogen and oxygen atoms in total. The van der Waals surface area contributed by atoms with Crippen molar-refractivity contribution in [2.45, 2.75) is 25.9 Å². The van der Waals surface area contributed by atoms with E-state index in [9.17, 15) is 4.39 Å². The highest BCUT2D eigenvalue weighted by molar-refractivity contribution is 6.31. The summed E-state index contributed by atoms with van der Waals surface area (Å²) in [6, 6.07) is 5.00. The first-order valence-corrected chi connectivity index (χ1v) is 6.26. The quantitative estimate of drug-likeness (QED) is 0.875. The Bertz CT molecular complexity index is 406. The van der Waals surface area contributed by atoms with Gasteiger partial charge < -0.3 is 5.32 Å². The van der Waals surface area contributed by atoms with Gasteiger partial charge in [0.15, 0.2) is 0 Å². The van der Waals surface area contributed by atoms with Crippen LogP contribution in [0.2, 0.25) is 5.02 Å². The first-order valence-electron chi connectivity index (χ1n) is 5.88. The van der Waals surface area contributed by atoms with Crippen LogP contribution in [0.25, 0.3) is 0 Å². The van der Waals surface area contributed by atoms with Crippen LogP contribution in [0.5, 0.6) is 0 Å². The number of hydrogen-bond donors (Lipinski definition) is 1. The molecule has 0 bridgehead atoms. The van der Waals surface area contributed by atoms with Crippen molar-refractivity contribution >= 4 is 11.6 Å².